The van der Waals surface area contributed by atoms with Crippen LogP contribution < -0.4 is 5.32 Å². The Morgan fingerprint density at radius 3 is 2.93 bits per heavy atom. The van der Waals surface area contributed by atoms with Gasteiger partial charge in [0.25, 0.3) is 5.69 Å². The second-order valence-corrected chi connectivity index (χ2v) is 3.84. The summed E-state index contributed by atoms with van der Waals surface area (Å²) in [6.45, 7) is 0.688. The number of likely N-dealkylation sites (N-methyl/N-ethyl adjacent to an activating group) is 1. The van der Waals surface area contributed by atoms with Crippen molar-refractivity contribution in [2.75, 3.05) is 13.6 Å². The van der Waals surface area contributed by atoms with Crippen molar-refractivity contribution in [2.45, 2.75) is 0 Å². The van der Waals surface area contributed by atoms with Gasteiger partial charge in [-0.3, -0.25) is 10.1 Å². The number of halogens is 1. The van der Waals surface area contributed by atoms with Crippen LogP contribution in [0.3, 0.4) is 0 Å². The lowest BCUT2D eigenvalue weighted by Gasteiger charge is -1.98. The number of hydrogen-bond donors (Lipinski definition) is 1. The van der Waals surface area contributed by atoms with Gasteiger partial charge in [-0.15, -0.1) is 0 Å². The van der Waals surface area contributed by atoms with E-state index in [1.54, 1.807) is 18.2 Å². The Balaban J connectivity index is 3.01. The summed E-state index contributed by atoms with van der Waals surface area (Å²) in [4.78, 5) is 10.4. The van der Waals surface area contributed by atoms with Gasteiger partial charge in [0, 0.05) is 17.1 Å². The van der Waals surface area contributed by atoms with Crippen LogP contribution in [0.15, 0.2) is 28.7 Å². The predicted octanol–water partition coefficient (Wildman–Crippen LogP) is 2.59. The summed E-state index contributed by atoms with van der Waals surface area (Å²) < 4.78 is 0.708. The molecule has 0 amide bonds. The van der Waals surface area contributed by atoms with E-state index in [4.69, 9.17) is 0 Å². The van der Waals surface area contributed by atoms with Crippen LogP contribution in [-0.4, -0.2) is 18.5 Å². The first-order valence-corrected chi connectivity index (χ1v) is 5.19. The van der Waals surface area contributed by atoms with Gasteiger partial charge in [0.1, 0.15) is 0 Å². The topological polar surface area (TPSA) is 55.2 Å². The normalized spacial score (nSPS) is 10.8. The molecular weight excluding hydrogens is 260 g/mol. The van der Waals surface area contributed by atoms with E-state index in [0.717, 1.165) is 0 Å². The van der Waals surface area contributed by atoms with Crippen LogP contribution in [0.2, 0.25) is 0 Å². The minimum Gasteiger partial charge on any atom is -0.316 e. The summed E-state index contributed by atoms with van der Waals surface area (Å²) >= 11 is 3.21. The zero-order valence-corrected chi connectivity index (χ0v) is 9.82. The molecule has 1 N–H and O–H groups in total. The molecule has 0 spiro atoms. The molecule has 1 rings (SSSR count). The fourth-order valence-corrected chi connectivity index (χ4v) is 1.47. The van der Waals surface area contributed by atoms with Crippen molar-refractivity contribution < 1.29 is 4.92 Å². The summed E-state index contributed by atoms with van der Waals surface area (Å²) in [7, 11) is 1.82. The lowest BCUT2D eigenvalue weighted by atomic mass is 10.1. The number of nitrogens with zero attached hydrogens (tertiary/aromatic N) is 1. The maximum atomic E-state index is 10.7. The molecule has 4 nitrogen and oxygen atoms in total. The van der Waals surface area contributed by atoms with E-state index in [0.29, 0.717) is 16.6 Å². The highest BCUT2D eigenvalue weighted by atomic mass is 79.9. The third kappa shape index (κ3) is 3.45. The van der Waals surface area contributed by atoms with Crippen LogP contribution >= 0.6 is 15.9 Å². The van der Waals surface area contributed by atoms with E-state index in [-0.39, 0.29) is 10.6 Å². The number of nitrogens with one attached hydrogen (secondary N) is 1. The second kappa shape index (κ2) is 5.63. The van der Waals surface area contributed by atoms with Gasteiger partial charge >= 0.3 is 0 Å². The second-order valence-electron chi connectivity index (χ2n) is 2.92. The first-order chi connectivity index (χ1) is 7.15. The molecule has 0 aliphatic carbocycles. The maximum absolute atomic E-state index is 10.7. The van der Waals surface area contributed by atoms with Gasteiger partial charge in [-0.05, 0) is 19.2 Å². The number of nitro benzene ring substituents is 1. The van der Waals surface area contributed by atoms with Crippen molar-refractivity contribution in [3.8, 4) is 0 Å². The molecule has 0 radical (unpaired) electrons. The first-order valence-electron chi connectivity index (χ1n) is 4.40. The van der Waals surface area contributed by atoms with Crippen LogP contribution in [0, 0.1) is 10.1 Å². The summed E-state index contributed by atoms with van der Waals surface area (Å²) in [5, 5.41) is 13.7. The molecule has 0 aliphatic rings. The monoisotopic (exact) mass is 270 g/mol. The van der Waals surface area contributed by atoms with Crippen LogP contribution in [0.4, 0.5) is 5.69 Å². The van der Waals surface area contributed by atoms with Crippen molar-refractivity contribution >= 4 is 27.7 Å². The third-order valence-electron chi connectivity index (χ3n) is 1.81. The maximum Gasteiger partial charge on any atom is 0.277 e. The lowest BCUT2D eigenvalue weighted by Crippen LogP contribution is -2.03. The summed E-state index contributed by atoms with van der Waals surface area (Å²) in [5.74, 6) is 0. The molecule has 0 unspecified atom stereocenters. The number of benzene rings is 1. The lowest BCUT2D eigenvalue weighted by molar-refractivity contribution is -0.385. The Labute approximate surface area is 96.3 Å². The molecule has 0 saturated carbocycles. The summed E-state index contributed by atoms with van der Waals surface area (Å²) in [6, 6.07) is 5.00. The van der Waals surface area contributed by atoms with Crippen molar-refractivity contribution in [1.82, 2.24) is 5.32 Å². The highest BCUT2D eigenvalue weighted by Crippen LogP contribution is 2.24. The first kappa shape index (κ1) is 11.9. The standard InChI is InChI=1S/C10H11BrN2O2/c1-12-6-2-3-8-4-5-9(11)7-10(8)13(14)15/h2-5,7,12H,6H2,1H3/b3-2+. The van der Waals surface area contributed by atoms with Gasteiger partial charge in [0.15, 0.2) is 0 Å². The molecule has 80 valence electrons. The highest BCUT2D eigenvalue weighted by Gasteiger charge is 2.11. The number of rotatable bonds is 4. The molecule has 1 aromatic rings. The number of nitro groups is 1. The van der Waals surface area contributed by atoms with Crippen molar-refractivity contribution in [3.05, 3.63) is 44.4 Å². The molecule has 1 aromatic carbocycles. The molecule has 0 atom stereocenters. The van der Waals surface area contributed by atoms with Gasteiger partial charge in [0.05, 0.1) is 10.5 Å². The molecule has 5 heteroatoms. The van der Waals surface area contributed by atoms with Gasteiger partial charge in [-0.2, -0.15) is 0 Å². The Bertz CT molecular complexity index is 391. The minimum atomic E-state index is -0.385. The zero-order chi connectivity index (χ0) is 11.3. The molecule has 0 heterocycles. The van der Waals surface area contributed by atoms with Gasteiger partial charge in [0.2, 0.25) is 0 Å². The van der Waals surface area contributed by atoms with E-state index in [1.165, 1.54) is 6.07 Å². The molecular formula is C10H11BrN2O2. The largest absolute Gasteiger partial charge is 0.316 e. The Hall–Kier alpha value is -1.20. The average Bonchev–Trinajstić information content (AvgIpc) is 2.20. The van der Waals surface area contributed by atoms with E-state index in [9.17, 15) is 10.1 Å². The minimum absolute atomic E-state index is 0.108. The van der Waals surface area contributed by atoms with Crippen LogP contribution in [-0.2, 0) is 0 Å². The molecule has 0 bridgehead atoms. The summed E-state index contributed by atoms with van der Waals surface area (Å²) in [6.07, 6.45) is 3.58. The van der Waals surface area contributed by atoms with Gasteiger partial charge < -0.3 is 5.32 Å². The van der Waals surface area contributed by atoms with Gasteiger partial charge in [-0.1, -0.05) is 28.1 Å². The van der Waals surface area contributed by atoms with Crippen molar-refractivity contribution in [1.29, 1.82) is 0 Å². The van der Waals surface area contributed by atoms with E-state index < -0.39 is 0 Å². The predicted molar refractivity (Wildman–Crippen MR) is 63.8 cm³/mol. The quantitative estimate of drug-likeness (QED) is 0.676. The Morgan fingerprint density at radius 1 is 1.60 bits per heavy atom. The zero-order valence-electron chi connectivity index (χ0n) is 8.24. The average molecular weight is 271 g/mol. The molecule has 0 aliphatic heterocycles. The van der Waals surface area contributed by atoms with E-state index >= 15 is 0 Å². The van der Waals surface area contributed by atoms with E-state index in [1.807, 2.05) is 13.1 Å². The highest BCUT2D eigenvalue weighted by molar-refractivity contribution is 9.10. The fraction of sp³-hybridized carbons (Fsp3) is 0.200. The van der Waals surface area contributed by atoms with Crippen molar-refractivity contribution in [3.63, 3.8) is 0 Å². The summed E-state index contributed by atoms with van der Waals surface area (Å²) in [5.41, 5.74) is 0.718. The number of hydrogen-bond acceptors (Lipinski definition) is 3. The van der Waals surface area contributed by atoms with Crippen LogP contribution in [0.5, 0.6) is 0 Å². The molecule has 0 aromatic heterocycles. The molecule has 0 saturated heterocycles. The smallest absolute Gasteiger partial charge is 0.277 e. The fourth-order valence-electron chi connectivity index (χ4n) is 1.12. The molecule has 15 heavy (non-hydrogen) atoms. The van der Waals surface area contributed by atoms with Crippen molar-refractivity contribution in [2.24, 2.45) is 0 Å². The Morgan fingerprint density at radius 2 is 2.33 bits per heavy atom. The van der Waals surface area contributed by atoms with Crippen LogP contribution in [0.25, 0.3) is 6.08 Å². The van der Waals surface area contributed by atoms with Crippen LogP contribution in [0.1, 0.15) is 5.56 Å². The van der Waals surface area contributed by atoms with Gasteiger partial charge in [-0.25, -0.2) is 0 Å². The SMILES string of the molecule is CNC/C=C/c1ccc(Br)cc1[N+](=O)[O-]. The Kier molecular flexibility index (Phi) is 4.45. The molecule has 0 fully saturated rings. The van der Waals surface area contributed by atoms with E-state index in [2.05, 4.69) is 21.2 Å². The third-order valence-corrected chi connectivity index (χ3v) is 2.30.